The van der Waals surface area contributed by atoms with E-state index in [1.165, 1.54) is 38.9 Å². The molecule has 0 aromatic rings. The van der Waals surface area contributed by atoms with Gasteiger partial charge in [-0.2, -0.15) is 0 Å². The van der Waals surface area contributed by atoms with Crippen molar-refractivity contribution < 1.29 is 5.11 Å². The highest BCUT2D eigenvalue weighted by molar-refractivity contribution is 4.83. The van der Waals surface area contributed by atoms with E-state index in [1.54, 1.807) is 0 Å². The van der Waals surface area contributed by atoms with Gasteiger partial charge in [-0.05, 0) is 64.1 Å². The lowest BCUT2D eigenvalue weighted by Crippen LogP contribution is -2.47. The molecule has 3 nitrogen and oxygen atoms in total. The molecule has 2 atom stereocenters. The van der Waals surface area contributed by atoms with Gasteiger partial charge in [0.2, 0.25) is 0 Å². The van der Waals surface area contributed by atoms with Crippen LogP contribution in [0.2, 0.25) is 0 Å². The molecular weight excluding hydrogens is 236 g/mol. The molecule has 1 heterocycles. The Kier molecular flexibility index (Phi) is 7.96. The van der Waals surface area contributed by atoms with Crippen LogP contribution in [0.15, 0.2) is 0 Å². The summed E-state index contributed by atoms with van der Waals surface area (Å²) in [5.41, 5.74) is 0. The third kappa shape index (κ3) is 5.80. The van der Waals surface area contributed by atoms with Crippen LogP contribution in [0.3, 0.4) is 0 Å². The van der Waals surface area contributed by atoms with Crippen molar-refractivity contribution in [3.05, 3.63) is 0 Å². The monoisotopic (exact) mass is 270 g/mol. The lowest BCUT2D eigenvalue weighted by molar-refractivity contribution is 0.149. The molecule has 0 saturated carbocycles. The van der Waals surface area contributed by atoms with Crippen molar-refractivity contribution in [3.63, 3.8) is 0 Å². The van der Waals surface area contributed by atoms with Gasteiger partial charge in [0.15, 0.2) is 0 Å². The molecule has 0 aromatic carbocycles. The van der Waals surface area contributed by atoms with Gasteiger partial charge in [0.25, 0.3) is 0 Å². The summed E-state index contributed by atoms with van der Waals surface area (Å²) in [4.78, 5) is 2.59. The molecule has 3 heteroatoms. The van der Waals surface area contributed by atoms with Gasteiger partial charge in [-0.15, -0.1) is 0 Å². The van der Waals surface area contributed by atoms with Crippen LogP contribution >= 0.6 is 0 Å². The van der Waals surface area contributed by atoms with Gasteiger partial charge in [-0.3, -0.25) is 0 Å². The van der Waals surface area contributed by atoms with Gasteiger partial charge in [0.05, 0.1) is 0 Å². The number of hydrogen-bond acceptors (Lipinski definition) is 3. The lowest BCUT2D eigenvalue weighted by Gasteiger charge is -2.37. The van der Waals surface area contributed by atoms with Gasteiger partial charge in [0.1, 0.15) is 0 Å². The quantitative estimate of drug-likeness (QED) is 0.711. The van der Waals surface area contributed by atoms with E-state index >= 15 is 0 Å². The van der Waals surface area contributed by atoms with Crippen molar-refractivity contribution in [2.24, 2.45) is 11.8 Å². The van der Waals surface area contributed by atoms with E-state index in [9.17, 15) is 0 Å². The molecule has 1 aliphatic heterocycles. The Morgan fingerprint density at radius 3 is 2.32 bits per heavy atom. The standard InChI is InChI=1S/C16H34N2O/c1-5-9-18-10-6-15(7-11-18)14(4)17-16(8-12-19)13(2)3/h13-17,19H,5-12H2,1-4H3. The molecule has 1 saturated heterocycles. The number of likely N-dealkylation sites (tertiary alicyclic amines) is 1. The first-order chi connectivity index (χ1) is 9.08. The zero-order chi connectivity index (χ0) is 14.3. The molecule has 1 rings (SSSR count). The maximum Gasteiger partial charge on any atom is 0.0445 e. The number of hydrogen-bond donors (Lipinski definition) is 2. The molecule has 0 bridgehead atoms. The van der Waals surface area contributed by atoms with Crippen LogP contribution in [0, 0.1) is 11.8 Å². The number of aliphatic hydroxyl groups excluding tert-OH is 1. The first-order valence-electron chi connectivity index (χ1n) is 8.17. The summed E-state index contributed by atoms with van der Waals surface area (Å²) in [5, 5.41) is 12.9. The first kappa shape index (κ1) is 16.9. The molecule has 0 aromatic heterocycles. The maximum absolute atomic E-state index is 9.16. The first-order valence-corrected chi connectivity index (χ1v) is 8.17. The number of nitrogens with zero attached hydrogens (tertiary/aromatic N) is 1. The van der Waals surface area contributed by atoms with Crippen molar-refractivity contribution in [3.8, 4) is 0 Å². The van der Waals surface area contributed by atoms with Crippen molar-refractivity contribution >= 4 is 0 Å². The molecule has 2 unspecified atom stereocenters. The van der Waals surface area contributed by atoms with Crippen LogP contribution in [-0.4, -0.2) is 48.3 Å². The number of rotatable bonds is 8. The Labute approximate surface area is 119 Å². The fourth-order valence-corrected chi connectivity index (χ4v) is 3.21. The number of aliphatic hydroxyl groups is 1. The normalized spacial score (nSPS) is 21.8. The molecule has 19 heavy (non-hydrogen) atoms. The minimum absolute atomic E-state index is 0.289. The van der Waals surface area contributed by atoms with Gasteiger partial charge in [-0.1, -0.05) is 20.8 Å². The van der Waals surface area contributed by atoms with Crippen molar-refractivity contribution in [2.45, 2.75) is 65.5 Å². The van der Waals surface area contributed by atoms with Crippen LogP contribution in [0.4, 0.5) is 0 Å². The van der Waals surface area contributed by atoms with Crippen molar-refractivity contribution in [1.82, 2.24) is 10.2 Å². The molecule has 1 aliphatic rings. The van der Waals surface area contributed by atoms with Crippen LogP contribution in [-0.2, 0) is 0 Å². The van der Waals surface area contributed by atoms with E-state index in [2.05, 4.69) is 37.9 Å². The summed E-state index contributed by atoms with van der Waals surface area (Å²) in [6, 6.07) is 1.02. The Morgan fingerprint density at radius 1 is 1.21 bits per heavy atom. The predicted molar refractivity (Wildman–Crippen MR) is 82.4 cm³/mol. The summed E-state index contributed by atoms with van der Waals surface area (Å²) < 4.78 is 0. The highest BCUT2D eigenvalue weighted by Crippen LogP contribution is 2.22. The maximum atomic E-state index is 9.16. The molecule has 1 fully saturated rings. The largest absolute Gasteiger partial charge is 0.396 e. The molecule has 0 spiro atoms. The van der Waals surface area contributed by atoms with Crippen molar-refractivity contribution in [1.29, 1.82) is 0 Å². The summed E-state index contributed by atoms with van der Waals surface area (Å²) >= 11 is 0. The second-order valence-electron chi connectivity index (χ2n) is 6.50. The Bertz CT molecular complexity index is 225. The third-order valence-electron chi connectivity index (χ3n) is 4.60. The van der Waals surface area contributed by atoms with Gasteiger partial charge < -0.3 is 15.3 Å². The van der Waals surface area contributed by atoms with E-state index < -0.39 is 0 Å². The fraction of sp³-hybridized carbons (Fsp3) is 1.00. The molecular formula is C16H34N2O. The van der Waals surface area contributed by atoms with E-state index in [0.717, 1.165) is 12.3 Å². The zero-order valence-corrected chi connectivity index (χ0v) is 13.4. The highest BCUT2D eigenvalue weighted by atomic mass is 16.3. The Morgan fingerprint density at radius 2 is 1.84 bits per heavy atom. The fourth-order valence-electron chi connectivity index (χ4n) is 3.21. The van der Waals surface area contributed by atoms with Gasteiger partial charge >= 0.3 is 0 Å². The third-order valence-corrected chi connectivity index (χ3v) is 4.60. The van der Waals surface area contributed by atoms with Crippen molar-refractivity contribution in [2.75, 3.05) is 26.2 Å². The average molecular weight is 270 g/mol. The van der Waals surface area contributed by atoms with Crippen LogP contribution in [0.25, 0.3) is 0 Å². The summed E-state index contributed by atoms with van der Waals surface area (Å²) in [6.07, 6.45) is 4.78. The number of piperidine rings is 1. The van der Waals surface area contributed by atoms with E-state index in [4.69, 9.17) is 5.11 Å². The average Bonchev–Trinajstić information content (AvgIpc) is 2.39. The number of nitrogens with one attached hydrogen (secondary N) is 1. The van der Waals surface area contributed by atoms with Crippen LogP contribution in [0.1, 0.15) is 53.4 Å². The van der Waals surface area contributed by atoms with Gasteiger partial charge in [0, 0.05) is 18.7 Å². The molecule has 0 radical (unpaired) electrons. The predicted octanol–water partition coefficient (Wildman–Crippen LogP) is 2.49. The highest BCUT2D eigenvalue weighted by Gasteiger charge is 2.25. The van der Waals surface area contributed by atoms with E-state index in [-0.39, 0.29) is 6.61 Å². The molecule has 114 valence electrons. The zero-order valence-electron chi connectivity index (χ0n) is 13.4. The van der Waals surface area contributed by atoms with Crippen LogP contribution in [0.5, 0.6) is 0 Å². The Hall–Kier alpha value is -0.120. The topological polar surface area (TPSA) is 35.5 Å². The van der Waals surface area contributed by atoms with Crippen LogP contribution < -0.4 is 5.32 Å². The Balaban J connectivity index is 2.35. The summed E-state index contributed by atoms with van der Waals surface area (Å²) in [5.74, 6) is 1.39. The summed E-state index contributed by atoms with van der Waals surface area (Å²) in [7, 11) is 0. The van der Waals surface area contributed by atoms with E-state index in [1.807, 2.05) is 0 Å². The lowest BCUT2D eigenvalue weighted by atomic mass is 9.88. The van der Waals surface area contributed by atoms with E-state index in [0.29, 0.717) is 18.0 Å². The molecule has 0 amide bonds. The minimum atomic E-state index is 0.289. The molecule has 0 aliphatic carbocycles. The molecule has 2 N–H and O–H groups in total. The minimum Gasteiger partial charge on any atom is -0.396 e. The summed E-state index contributed by atoms with van der Waals surface area (Å²) in [6.45, 7) is 13.1. The van der Waals surface area contributed by atoms with Gasteiger partial charge in [-0.25, -0.2) is 0 Å². The second kappa shape index (κ2) is 8.93. The second-order valence-corrected chi connectivity index (χ2v) is 6.50. The smallest absolute Gasteiger partial charge is 0.0445 e. The SMILES string of the molecule is CCCN1CCC(C(C)NC(CCO)C(C)C)CC1.